The van der Waals surface area contributed by atoms with Gasteiger partial charge < -0.3 is 24.4 Å². The Bertz CT molecular complexity index is 1460. The molecule has 3 fully saturated rings. The molecule has 284 valence electrons. The smallest absolute Gasteiger partial charge is 0.345 e. The molecule has 4 aliphatic carbocycles. The molecule has 11 nitrogen and oxygen atoms in total. The van der Waals surface area contributed by atoms with Crippen LogP contribution < -0.4 is 0 Å². The minimum atomic E-state index is -2.43. The number of hydrogen-bond donors (Lipinski definition) is 2. The van der Waals surface area contributed by atoms with Gasteiger partial charge in [-0.1, -0.05) is 59.5 Å². The lowest BCUT2D eigenvalue weighted by atomic mass is 9.44. The molecule has 0 bridgehead atoms. The number of Topliss-reactive ketones (excluding diaryl/α,β-unsaturated/α-hetero) is 1. The van der Waals surface area contributed by atoms with Gasteiger partial charge in [0.1, 0.15) is 6.17 Å². The molecule has 0 aromatic carbocycles. The van der Waals surface area contributed by atoms with Gasteiger partial charge in [-0.2, -0.15) is 0 Å². The van der Waals surface area contributed by atoms with Crippen LogP contribution in [0.3, 0.4) is 0 Å². The molecule has 0 saturated heterocycles. The van der Waals surface area contributed by atoms with Crippen molar-refractivity contribution in [2.24, 2.45) is 28.6 Å². The molecular weight excluding hydrogens is 670 g/mol. The van der Waals surface area contributed by atoms with Gasteiger partial charge in [-0.05, 0) is 62.7 Å². The summed E-state index contributed by atoms with van der Waals surface area (Å²) < 4.78 is 50.0. The summed E-state index contributed by atoms with van der Waals surface area (Å²) in [4.78, 5) is 76.8. The molecule has 2 N–H and O–H groups in total. The number of aliphatic carboxylic acids is 1. The Morgan fingerprint density at radius 2 is 1.63 bits per heavy atom. The number of aliphatic hydroxyl groups is 1. The van der Waals surface area contributed by atoms with Gasteiger partial charge in [-0.3, -0.25) is 24.0 Å². The van der Waals surface area contributed by atoms with E-state index < -0.39 is 107 Å². The number of carbonyl (C=O) groups is 6. The van der Waals surface area contributed by atoms with Crippen LogP contribution in [-0.2, 0) is 43.0 Å². The summed E-state index contributed by atoms with van der Waals surface area (Å²) in [7, 11) is 0. The van der Waals surface area contributed by atoms with E-state index in [1.807, 2.05) is 13.8 Å². The molecule has 0 aliphatic heterocycles. The van der Waals surface area contributed by atoms with Crippen LogP contribution in [-0.4, -0.2) is 81.9 Å². The Morgan fingerprint density at radius 1 is 0.961 bits per heavy atom. The predicted molar refractivity (Wildman–Crippen MR) is 178 cm³/mol. The number of rotatable bonds is 16. The third-order valence-electron chi connectivity index (χ3n) is 12.1. The van der Waals surface area contributed by atoms with E-state index in [9.17, 15) is 39.0 Å². The fourth-order valence-corrected chi connectivity index (χ4v) is 9.50. The SMILES string of the molecule is CCCCCCC(=O)OC(CC(=O)OCC(=O)C1(OC(=O)CCCC)C(C)CC2C3CC(F)C4=CC(=O)C=CC4(C)C3(F)C(O)CC21C)C(=O)O. The molecule has 0 radical (unpaired) electrons. The predicted octanol–water partition coefficient (Wildman–Crippen LogP) is 5.49. The normalized spacial score (nSPS) is 35.8. The first-order valence-corrected chi connectivity index (χ1v) is 18.2. The van der Waals surface area contributed by atoms with Crippen LogP contribution >= 0.6 is 0 Å². The van der Waals surface area contributed by atoms with Crippen LogP contribution in [0.5, 0.6) is 0 Å². The lowest BCUT2D eigenvalue weighted by molar-refractivity contribution is -0.232. The monoisotopic (exact) mass is 722 g/mol. The molecule has 0 spiro atoms. The highest BCUT2D eigenvalue weighted by Crippen LogP contribution is 2.71. The topological polar surface area (TPSA) is 171 Å². The molecule has 0 amide bonds. The van der Waals surface area contributed by atoms with Crippen LogP contribution in [0, 0.1) is 28.6 Å². The molecule has 0 aromatic heterocycles. The molecule has 4 aliphatic rings. The van der Waals surface area contributed by atoms with E-state index in [1.54, 1.807) is 13.8 Å². The quantitative estimate of drug-likeness (QED) is 0.117. The van der Waals surface area contributed by atoms with E-state index in [0.29, 0.717) is 19.3 Å². The van der Waals surface area contributed by atoms with Crippen molar-refractivity contribution in [2.75, 3.05) is 6.61 Å². The molecule has 3 saturated carbocycles. The number of aliphatic hydroxyl groups excluding tert-OH is 1. The number of ether oxygens (including phenoxy) is 3. The number of allylic oxidation sites excluding steroid dienone is 4. The Labute approximate surface area is 297 Å². The van der Waals surface area contributed by atoms with Crippen molar-refractivity contribution in [3.8, 4) is 0 Å². The average molecular weight is 723 g/mol. The largest absolute Gasteiger partial charge is 0.478 e. The van der Waals surface area contributed by atoms with Crippen molar-refractivity contribution in [2.45, 2.75) is 141 Å². The second kappa shape index (κ2) is 15.6. The number of carbonyl (C=O) groups excluding carboxylic acids is 5. The maximum absolute atomic E-state index is 17.7. The number of halogens is 2. The highest BCUT2D eigenvalue weighted by molar-refractivity contribution is 6.01. The van der Waals surface area contributed by atoms with Gasteiger partial charge in [-0.25, -0.2) is 13.6 Å². The van der Waals surface area contributed by atoms with Gasteiger partial charge in [0.25, 0.3) is 0 Å². The number of fused-ring (bicyclic) bond motifs is 5. The van der Waals surface area contributed by atoms with Crippen molar-refractivity contribution in [1.29, 1.82) is 0 Å². The molecular formula is C38H52F2O11. The van der Waals surface area contributed by atoms with Crippen molar-refractivity contribution in [3.05, 3.63) is 23.8 Å². The summed E-state index contributed by atoms with van der Waals surface area (Å²) in [5.41, 5.74) is -7.61. The number of alkyl halides is 2. The maximum atomic E-state index is 17.7. The highest BCUT2D eigenvalue weighted by atomic mass is 19.1. The maximum Gasteiger partial charge on any atom is 0.345 e. The fraction of sp³-hybridized carbons (Fsp3) is 0.737. The summed E-state index contributed by atoms with van der Waals surface area (Å²) in [6, 6.07) is 0. The van der Waals surface area contributed by atoms with Crippen LogP contribution in [0.25, 0.3) is 0 Å². The molecule has 4 rings (SSSR count). The number of ketones is 2. The van der Waals surface area contributed by atoms with E-state index >= 15 is 8.78 Å². The molecule has 10 unspecified atom stereocenters. The third kappa shape index (κ3) is 7.15. The second-order valence-corrected chi connectivity index (χ2v) is 15.2. The zero-order chi connectivity index (χ0) is 37.9. The van der Waals surface area contributed by atoms with E-state index in [-0.39, 0.29) is 37.7 Å². The highest BCUT2D eigenvalue weighted by Gasteiger charge is 2.78. The number of unbranched alkanes of at least 4 members (excludes halogenated alkanes) is 4. The average Bonchev–Trinajstić information content (AvgIpc) is 3.28. The molecule has 51 heavy (non-hydrogen) atoms. The summed E-state index contributed by atoms with van der Waals surface area (Å²) in [5, 5.41) is 21.3. The van der Waals surface area contributed by atoms with Gasteiger partial charge in [0, 0.05) is 35.5 Å². The van der Waals surface area contributed by atoms with Crippen molar-refractivity contribution in [1.82, 2.24) is 0 Å². The van der Waals surface area contributed by atoms with E-state index in [2.05, 4.69) is 0 Å². The van der Waals surface area contributed by atoms with Crippen molar-refractivity contribution in [3.63, 3.8) is 0 Å². The Balaban J connectivity index is 1.61. The molecule has 10 atom stereocenters. The minimum absolute atomic E-state index is 0.0256. The first-order valence-electron chi connectivity index (χ1n) is 18.2. The van der Waals surface area contributed by atoms with Gasteiger partial charge in [0.15, 0.2) is 23.7 Å². The van der Waals surface area contributed by atoms with Crippen LogP contribution in [0.1, 0.15) is 112 Å². The van der Waals surface area contributed by atoms with Crippen molar-refractivity contribution >= 4 is 35.4 Å². The minimum Gasteiger partial charge on any atom is -0.478 e. The molecule has 13 heteroatoms. The van der Waals surface area contributed by atoms with E-state index in [4.69, 9.17) is 14.2 Å². The van der Waals surface area contributed by atoms with Crippen LogP contribution in [0.2, 0.25) is 0 Å². The van der Waals surface area contributed by atoms with Crippen molar-refractivity contribution < 1.29 is 62.0 Å². The molecule has 0 aromatic rings. The summed E-state index contributed by atoms with van der Waals surface area (Å²) in [5.74, 6) is -8.28. The standard InChI is InChI=1S/C38H52F2O11/c1-6-8-10-11-13-31(44)50-28(34(47)48)19-33(46)49-21-30(43)38(51-32(45)12-9-7-2)22(3)16-24-25-18-27(39)26-17-23(41)14-15-35(26,4)37(25,40)29(42)20-36(24,38)5/h14-15,17,22,24-25,27-29,42H,6-13,16,18-21H2,1-5H3,(H,47,48). The zero-order valence-corrected chi connectivity index (χ0v) is 30.2. The summed E-state index contributed by atoms with van der Waals surface area (Å²) >= 11 is 0. The van der Waals surface area contributed by atoms with Crippen LogP contribution in [0.4, 0.5) is 8.78 Å². The summed E-state index contributed by atoms with van der Waals surface area (Å²) in [6.45, 7) is 7.62. The third-order valence-corrected chi connectivity index (χ3v) is 12.1. The Kier molecular flexibility index (Phi) is 12.4. The van der Waals surface area contributed by atoms with Gasteiger partial charge in [0.2, 0.25) is 11.9 Å². The Hall–Kier alpha value is -3.48. The number of esters is 3. The first kappa shape index (κ1) is 40.3. The summed E-state index contributed by atoms with van der Waals surface area (Å²) in [6.07, 6.45) is 0.808. The lowest BCUT2D eigenvalue weighted by Crippen LogP contribution is -2.71. The fourth-order valence-electron chi connectivity index (χ4n) is 9.50. The molecule has 0 heterocycles. The van der Waals surface area contributed by atoms with Gasteiger partial charge in [0.05, 0.1) is 12.5 Å². The lowest BCUT2D eigenvalue weighted by Gasteiger charge is -2.63. The zero-order valence-electron chi connectivity index (χ0n) is 30.2. The Morgan fingerprint density at radius 3 is 2.27 bits per heavy atom. The van der Waals surface area contributed by atoms with E-state index in [0.717, 1.165) is 25.3 Å². The second-order valence-electron chi connectivity index (χ2n) is 15.2. The number of carboxylic acids is 1. The first-order chi connectivity index (χ1) is 23.9. The number of carboxylic acid groups (broad SMARTS) is 1. The van der Waals surface area contributed by atoms with E-state index in [1.165, 1.54) is 19.1 Å². The van der Waals surface area contributed by atoms with Gasteiger partial charge >= 0.3 is 23.9 Å². The number of hydrogen-bond acceptors (Lipinski definition) is 10. The van der Waals surface area contributed by atoms with Crippen LogP contribution in [0.15, 0.2) is 23.8 Å². The van der Waals surface area contributed by atoms with Gasteiger partial charge in [-0.15, -0.1) is 0 Å².